The van der Waals surface area contributed by atoms with Crippen LogP contribution in [0, 0.1) is 5.41 Å². The van der Waals surface area contributed by atoms with Gasteiger partial charge in [0.25, 0.3) is 0 Å². The van der Waals surface area contributed by atoms with Crippen LogP contribution in [0.15, 0.2) is 30.4 Å². The molecule has 0 aliphatic rings. The Kier molecular flexibility index (Phi) is 5.61. The Bertz CT molecular complexity index is 447. The maximum Gasteiger partial charge on any atom is 0.161 e. The molecule has 0 radical (unpaired) electrons. The molecule has 3 nitrogen and oxygen atoms in total. The highest BCUT2D eigenvalue weighted by Crippen LogP contribution is 2.30. The van der Waals surface area contributed by atoms with Crippen LogP contribution < -0.4 is 9.47 Å². The molecular formula is C16H22O3. The molecule has 0 spiro atoms. The molecule has 0 fully saturated rings. The average molecular weight is 262 g/mol. The van der Waals surface area contributed by atoms with Gasteiger partial charge in [-0.3, -0.25) is 4.79 Å². The van der Waals surface area contributed by atoms with Gasteiger partial charge in [0.2, 0.25) is 0 Å². The first-order valence-corrected chi connectivity index (χ1v) is 6.51. The Morgan fingerprint density at radius 3 is 2.53 bits per heavy atom. The van der Waals surface area contributed by atoms with Crippen molar-refractivity contribution in [1.82, 2.24) is 0 Å². The molecular weight excluding hydrogens is 240 g/mol. The number of aldehydes is 1. The fourth-order valence-corrected chi connectivity index (χ4v) is 1.75. The highest BCUT2D eigenvalue weighted by molar-refractivity contribution is 5.76. The zero-order valence-corrected chi connectivity index (χ0v) is 12.1. The van der Waals surface area contributed by atoms with E-state index in [9.17, 15) is 4.79 Å². The van der Waals surface area contributed by atoms with E-state index < -0.39 is 0 Å². The lowest BCUT2D eigenvalue weighted by atomic mass is 9.94. The predicted octanol–water partition coefficient (Wildman–Crippen LogP) is 3.88. The molecule has 0 heterocycles. The van der Waals surface area contributed by atoms with Gasteiger partial charge in [-0.25, -0.2) is 0 Å². The third kappa shape index (κ3) is 4.78. The van der Waals surface area contributed by atoms with Crippen molar-refractivity contribution in [1.29, 1.82) is 0 Å². The number of hydrogen-bond donors (Lipinski definition) is 0. The number of hydrogen-bond acceptors (Lipinski definition) is 3. The van der Waals surface area contributed by atoms with E-state index in [1.54, 1.807) is 18.2 Å². The SMILES string of the molecule is C/C=C/C(C)(C)COc1ccc(C=O)cc1OCC. The van der Waals surface area contributed by atoms with Crippen LogP contribution in [0.3, 0.4) is 0 Å². The summed E-state index contributed by atoms with van der Waals surface area (Å²) in [4.78, 5) is 10.8. The monoisotopic (exact) mass is 262 g/mol. The minimum absolute atomic E-state index is 0.0401. The van der Waals surface area contributed by atoms with E-state index in [1.165, 1.54) is 0 Å². The minimum atomic E-state index is -0.0401. The maximum atomic E-state index is 10.8. The molecule has 0 amide bonds. The lowest BCUT2D eigenvalue weighted by Crippen LogP contribution is -2.19. The molecule has 0 aliphatic heterocycles. The summed E-state index contributed by atoms with van der Waals surface area (Å²) >= 11 is 0. The number of ether oxygens (including phenoxy) is 2. The Labute approximate surface area is 115 Å². The van der Waals surface area contributed by atoms with Crippen molar-refractivity contribution in [2.45, 2.75) is 27.7 Å². The largest absolute Gasteiger partial charge is 0.490 e. The lowest BCUT2D eigenvalue weighted by molar-refractivity contribution is 0.112. The van der Waals surface area contributed by atoms with Crippen molar-refractivity contribution in [3.63, 3.8) is 0 Å². The normalized spacial score (nSPS) is 11.6. The molecule has 104 valence electrons. The molecule has 1 aromatic rings. The van der Waals surface area contributed by atoms with Gasteiger partial charge in [-0.1, -0.05) is 26.0 Å². The van der Waals surface area contributed by atoms with E-state index >= 15 is 0 Å². The summed E-state index contributed by atoms with van der Waals surface area (Å²) in [6.45, 7) is 9.20. The van der Waals surface area contributed by atoms with Crippen LogP contribution in [-0.2, 0) is 0 Å². The van der Waals surface area contributed by atoms with E-state index in [0.29, 0.717) is 30.3 Å². The van der Waals surface area contributed by atoms with E-state index in [0.717, 1.165) is 6.29 Å². The van der Waals surface area contributed by atoms with Gasteiger partial charge in [-0.05, 0) is 32.0 Å². The van der Waals surface area contributed by atoms with Crippen LogP contribution >= 0.6 is 0 Å². The first-order valence-electron chi connectivity index (χ1n) is 6.51. The van der Waals surface area contributed by atoms with Crippen molar-refractivity contribution >= 4 is 6.29 Å². The van der Waals surface area contributed by atoms with Crippen molar-refractivity contribution in [2.24, 2.45) is 5.41 Å². The highest BCUT2D eigenvalue weighted by atomic mass is 16.5. The third-order valence-corrected chi connectivity index (χ3v) is 2.62. The van der Waals surface area contributed by atoms with Gasteiger partial charge in [0.15, 0.2) is 11.5 Å². The summed E-state index contributed by atoms with van der Waals surface area (Å²) in [7, 11) is 0. The summed E-state index contributed by atoms with van der Waals surface area (Å²) in [6.07, 6.45) is 4.92. The van der Waals surface area contributed by atoms with Crippen molar-refractivity contribution in [3.8, 4) is 11.5 Å². The van der Waals surface area contributed by atoms with Crippen LogP contribution in [-0.4, -0.2) is 19.5 Å². The highest BCUT2D eigenvalue weighted by Gasteiger charge is 2.16. The first kappa shape index (κ1) is 15.3. The van der Waals surface area contributed by atoms with E-state index in [4.69, 9.17) is 9.47 Å². The second kappa shape index (κ2) is 6.98. The van der Waals surface area contributed by atoms with Gasteiger partial charge in [-0.15, -0.1) is 0 Å². The topological polar surface area (TPSA) is 35.5 Å². The van der Waals surface area contributed by atoms with Gasteiger partial charge in [0.1, 0.15) is 6.29 Å². The first-order chi connectivity index (χ1) is 9.02. The standard InChI is InChI=1S/C16H22O3/c1-5-9-16(3,4)12-19-14-8-7-13(11-17)10-15(14)18-6-2/h5,7-11H,6,12H2,1-4H3/b9-5+. The number of rotatable bonds is 7. The number of carbonyl (C=O) groups is 1. The fourth-order valence-electron chi connectivity index (χ4n) is 1.75. The van der Waals surface area contributed by atoms with Crippen LogP contribution in [0.1, 0.15) is 38.1 Å². The summed E-state index contributed by atoms with van der Waals surface area (Å²) in [5, 5.41) is 0. The summed E-state index contributed by atoms with van der Waals surface area (Å²) < 4.78 is 11.3. The Morgan fingerprint density at radius 1 is 1.21 bits per heavy atom. The van der Waals surface area contributed by atoms with Gasteiger partial charge in [0.05, 0.1) is 13.2 Å². The van der Waals surface area contributed by atoms with Crippen LogP contribution in [0.4, 0.5) is 0 Å². The molecule has 0 saturated heterocycles. The summed E-state index contributed by atoms with van der Waals surface area (Å²) in [6, 6.07) is 5.21. The minimum Gasteiger partial charge on any atom is -0.490 e. The van der Waals surface area contributed by atoms with Gasteiger partial charge < -0.3 is 9.47 Å². The number of benzene rings is 1. The van der Waals surface area contributed by atoms with Crippen molar-refractivity contribution < 1.29 is 14.3 Å². The Morgan fingerprint density at radius 2 is 1.95 bits per heavy atom. The van der Waals surface area contributed by atoms with Gasteiger partial charge in [0, 0.05) is 11.0 Å². The molecule has 0 N–H and O–H groups in total. The molecule has 1 aromatic carbocycles. The summed E-state index contributed by atoms with van der Waals surface area (Å²) in [5.41, 5.74) is 0.546. The zero-order valence-electron chi connectivity index (χ0n) is 12.1. The zero-order chi connectivity index (χ0) is 14.3. The molecule has 0 aliphatic carbocycles. The third-order valence-electron chi connectivity index (χ3n) is 2.62. The molecule has 0 bridgehead atoms. The second-order valence-corrected chi connectivity index (χ2v) is 5.03. The quantitative estimate of drug-likeness (QED) is 0.552. The molecule has 0 aromatic heterocycles. The van der Waals surface area contributed by atoms with Crippen LogP contribution in [0.5, 0.6) is 11.5 Å². The molecule has 0 saturated carbocycles. The summed E-state index contributed by atoms with van der Waals surface area (Å²) in [5.74, 6) is 1.29. The van der Waals surface area contributed by atoms with E-state index in [-0.39, 0.29) is 5.41 Å². The molecule has 19 heavy (non-hydrogen) atoms. The van der Waals surface area contributed by atoms with Crippen LogP contribution in [0.2, 0.25) is 0 Å². The molecule has 0 unspecified atom stereocenters. The van der Waals surface area contributed by atoms with Crippen LogP contribution in [0.25, 0.3) is 0 Å². The number of allylic oxidation sites excluding steroid dienone is 1. The van der Waals surface area contributed by atoms with E-state index in [1.807, 2.05) is 19.9 Å². The van der Waals surface area contributed by atoms with Gasteiger partial charge in [-0.2, -0.15) is 0 Å². The average Bonchev–Trinajstić information content (AvgIpc) is 2.37. The maximum absolute atomic E-state index is 10.8. The predicted molar refractivity (Wildman–Crippen MR) is 77.1 cm³/mol. The van der Waals surface area contributed by atoms with Gasteiger partial charge >= 0.3 is 0 Å². The number of carbonyl (C=O) groups excluding carboxylic acids is 1. The lowest BCUT2D eigenvalue weighted by Gasteiger charge is -2.21. The van der Waals surface area contributed by atoms with Crippen molar-refractivity contribution in [2.75, 3.05) is 13.2 Å². The molecule has 0 atom stereocenters. The Hall–Kier alpha value is -1.77. The van der Waals surface area contributed by atoms with Crippen molar-refractivity contribution in [3.05, 3.63) is 35.9 Å². The second-order valence-electron chi connectivity index (χ2n) is 5.03. The molecule has 1 rings (SSSR count). The smallest absolute Gasteiger partial charge is 0.161 e. The fraction of sp³-hybridized carbons (Fsp3) is 0.438. The molecule has 3 heteroatoms. The van der Waals surface area contributed by atoms with E-state index in [2.05, 4.69) is 19.9 Å². The Balaban J connectivity index is 2.85.